The van der Waals surface area contributed by atoms with Crippen LogP contribution in [0.15, 0.2) is 109 Å². The Balaban J connectivity index is 1.32. The molecule has 3 amide bonds. The Morgan fingerprint density at radius 1 is 0.744 bits per heavy atom. The topological polar surface area (TPSA) is 90.7 Å². The summed E-state index contributed by atoms with van der Waals surface area (Å²) >= 11 is 0. The fourth-order valence-corrected chi connectivity index (χ4v) is 5.12. The van der Waals surface area contributed by atoms with Crippen LogP contribution in [0.25, 0.3) is 0 Å². The number of nitrogens with zero attached hydrogens (tertiary/aromatic N) is 2. The fourth-order valence-electron chi connectivity index (χ4n) is 5.12. The Bertz CT molecular complexity index is 1350. The van der Waals surface area contributed by atoms with E-state index in [9.17, 15) is 9.59 Å². The maximum absolute atomic E-state index is 12.8. The molecule has 1 saturated heterocycles. The molecule has 7 nitrogen and oxygen atoms in total. The Kier molecular flexibility index (Phi) is 8.19. The van der Waals surface area contributed by atoms with E-state index >= 15 is 0 Å². The molecule has 4 aromatic rings. The highest BCUT2D eigenvalue weighted by Gasteiger charge is 2.27. The zero-order chi connectivity index (χ0) is 27.0. The minimum atomic E-state index is -0.535. The number of amides is 3. The molecule has 1 heterocycles. The van der Waals surface area contributed by atoms with E-state index in [4.69, 9.17) is 5.73 Å². The Morgan fingerprint density at radius 3 is 1.87 bits per heavy atom. The van der Waals surface area contributed by atoms with Crippen molar-refractivity contribution in [1.82, 2.24) is 10.2 Å². The number of hydrogen-bond donors (Lipinski definition) is 3. The van der Waals surface area contributed by atoms with Crippen molar-refractivity contribution in [2.24, 2.45) is 5.73 Å². The van der Waals surface area contributed by atoms with Crippen LogP contribution >= 0.6 is 0 Å². The summed E-state index contributed by atoms with van der Waals surface area (Å²) in [7, 11) is 0. The van der Waals surface area contributed by atoms with Crippen molar-refractivity contribution >= 4 is 23.3 Å². The third kappa shape index (κ3) is 6.45. The second kappa shape index (κ2) is 12.3. The van der Waals surface area contributed by atoms with Crippen LogP contribution in [-0.4, -0.2) is 43.0 Å². The van der Waals surface area contributed by atoms with Gasteiger partial charge in [0.15, 0.2) is 0 Å². The quantitative estimate of drug-likeness (QED) is 0.305. The first-order chi connectivity index (χ1) is 19.1. The van der Waals surface area contributed by atoms with E-state index in [0.29, 0.717) is 17.8 Å². The van der Waals surface area contributed by atoms with Crippen LogP contribution < -0.4 is 21.3 Å². The number of nitrogens with two attached hydrogens (primary N) is 1. The van der Waals surface area contributed by atoms with E-state index in [-0.39, 0.29) is 12.1 Å². The maximum atomic E-state index is 12.8. The van der Waals surface area contributed by atoms with Crippen molar-refractivity contribution in [2.45, 2.75) is 12.6 Å². The number of carbonyl (C=O) groups is 2. The molecule has 4 aromatic carbocycles. The molecular weight excluding hydrogens is 486 g/mol. The largest absolute Gasteiger partial charge is 0.367 e. The third-order valence-electron chi connectivity index (χ3n) is 7.08. The highest BCUT2D eigenvalue weighted by atomic mass is 16.2. The summed E-state index contributed by atoms with van der Waals surface area (Å²) in [6.45, 7) is 3.62. The molecule has 1 aliphatic rings. The van der Waals surface area contributed by atoms with Crippen molar-refractivity contribution in [2.75, 3.05) is 36.4 Å². The number of benzene rings is 4. The molecule has 0 aliphatic carbocycles. The Labute approximate surface area is 229 Å². The number of primary amides is 1. The van der Waals surface area contributed by atoms with Gasteiger partial charge in [0.05, 0.1) is 17.4 Å². The van der Waals surface area contributed by atoms with Gasteiger partial charge in [0, 0.05) is 38.3 Å². The van der Waals surface area contributed by atoms with Gasteiger partial charge in [-0.15, -0.1) is 0 Å². The first-order valence-corrected chi connectivity index (χ1v) is 13.2. The Hall–Kier alpha value is -4.62. The molecule has 0 atom stereocenters. The van der Waals surface area contributed by atoms with Crippen molar-refractivity contribution in [1.29, 1.82) is 0 Å². The highest BCUT2D eigenvalue weighted by Crippen LogP contribution is 2.33. The first-order valence-electron chi connectivity index (χ1n) is 13.2. The van der Waals surface area contributed by atoms with Crippen molar-refractivity contribution < 1.29 is 9.59 Å². The van der Waals surface area contributed by atoms with Gasteiger partial charge in [-0.3, -0.25) is 9.69 Å². The summed E-state index contributed by atoms with van der Waals surface area (Å²) < 4.78 is 0. The number of nitrogens with one attached hydrogen (secondary N) is 2. The summed E-state index contributed by atoms with van der Waals surface area (Å²) in [5.41, 5.74) is 10.9. The summed E-state index contributed by atoms with van der Waals surface area (Å²) in [5.74, 6) is -0.535. The molecule has 7 heteroatoms. The molecule has 4 N–H and O–H groups in total. The molecule has 0 radical (unpaired) electrons. The van der Waals surface area contributed by atoms with E-state index < -0.39 is 5.91 Å². The second-order valence-electron chi connectivity index (χ2n) is 9.64. The van der Waals surface area contributed by atoms with Crippen molar-refractivity contribution in [3.8, 4) is 0 Å². The number of hydrogen-bond acceptors (Lipinski definition) is 4. The monoisotopic (exact) mass is 519 g/mol. The van der Waals surface area contributed by atoms with Crippen LogP contribution in [0.1, 0.15) is 33.1 Å². The minimum absolute atomic E-state index is 0.160. The number of carbonyl (C=O) groups excluding carboxylic acids is 2. The van der Waals surface area contributed by atoms with Crippen LogP contribution in [0.3, 0.4) is 0 Å². The molecule has 39 heavy (non-hydrogen) atoms. The van der Waals surface area contributed by atoms with Gasteiger partial charge >= 0.3 is 6.03 Å². The van der Waals surface area contributed by atoms with E-state index in [2.05, 4.69) is 69.0 Å². The summed E-state index contributed by atoms with van der Waals surface area (Å²) in [6.07, 6.45) is 0. The van der Waals surface area contributed by atoms with Crippen molar-refractivity contribution in [3.63, 3.8) is 0 Å². The van der Waals surface area contributed by atoms with E-state index in [1.54, 1.807) is 12.1 Å². The molecule has 0 bridgehead atoms. The van der Waals surface area contributed by atoms with Crippen LogP contribution in [0.5, 0.6) is 0 Å². The van der Waals surface area contributed by atoms with Gasteiger partial charge < -0.3 is 21.3 Å². The highest BCUT2D eigenvalue weighted by molar-refractivity contribution is 5.98. The maximum Gasteiger partial charge on any atom is 0.319 e. The fraction of sp³-hybridized carbons (Fsp3) is 0.188. The smallest absolute Gasteiger partial charge is 0.319 e. The van der Waals surface area contributed by atoms with Gasteiger partial charge in [0.1, 0.15) is 0 Å². The molecule has 0 unspecified atom stereocenters. The lowest BCUT2D eigenvalue weighted by Gasteiger charge is -2.41. The first kappa shape index (κ1) is 26.0. The molecule has 0 saturated carbocycles. The zero-order valence-electron chi connectivity index (χ0n) is 21.8. The molecule has 5 rings (SSSR count). The molecule has 0 spiro atoms. The standard InChI is InChI=1S/C32H33N5O2/c33-31(38)27-16-17-29(28(22-27)35-32(39)34-23-24-10-4-1-5-11-24)36-18-20-37(21-19-36)30(25-12-6-2-7-13-25)26-14-8-3-9-15-26/h1-17,22,30H,18-21,23H2,(H2,33,38)(H2,34,35,39). The van der Waals surface area contributed by atoms with Crippen LogP contribution in [0.2, 0.25) is 0 Å². The summed E-state index contributed by atoms with van der Waals surface area (Å²) in [6, 6.07) is 35.9. The van der Waals surface area contributed by atoms with E-state index in [1.165, 1.54) is 11.1 Å². The lowest BCUT2D eigenvalue weighted by Crippen LogP contribution is -2.48. The average Bonchev–Trinajstić information content (AvgIpc) is 2.98. The molecule has 1 aliphatic heterocycles. The lowest BCUT2D eigenvalue weighted by atomic mass is 9.96. The second-order valence-corrected chi connectivity index (χ2v) is 9.64. The number of piperazine rings is 1. The number of rotatable bonds is 8. The third-order valence-corrected chi connectivity index (χ3v) is 7.08. The average molecular weight is 520 g/mol. The molecule has 198 valence electrons. The zero-order valence-corrected chi connectivity index (χ0v) is 21.8. The van der Waals surface area contributed by atoms with Gasteiger partial charge in [0.2, 0.25) is 5.91 Å². The molecule has 0 aromatic heterocycles. The van der Waals surface area contributed by atoms with Gasteiger partial charge in [-0.2, -0.15) is 0 Å². The van der Waals surface area contributed by atoms with Gasteiger partial charge in [-0.1, -0.05) is 91.0 Å². The predicted octanol–water partition coefficient (Wildman–Crippen LogP) is 5.02. The number of anilines is 2. The van der Waals surface area contributed by atoms with Crippen LogP contribution in [0.4, 0.5) is 16.2 Å². The van der Waals surface area contributed by atoms with E-state index in [1.807, 2.05) is 48.5 Å². The van der Waals surface area contributed by atoms with Crippen molar-refractivity contribution in [3.05, 3.63) is 131 Å². The van der Waals surface area contributed by atoms with Crippen LogP contribution in [-0.2, 0) is 6.54 Å². The van der Waals surface area contributed by atoms with Gasteiger partial charge in [-0.05, 0) is 34.9 Å². The summed E-state index contributed by atoms with van der Waals surface area (Å²) in [4.78, 5) is 29.4. The van der Waals surface area contributed by atoms with Crippen LogP contribution in [0, 0.1) is 0 Å². The molecular formula is C32H33N5O2. The molecule has 1 fully saturated rings. The summed E-state index contributed by atoms with van der Waals surface area (Å²) in [5, 5.41) is 5.84. The lowest BCUT2D eigenvalue weighted by molar-refractivity contribution is 0.1000. The minimum Gasteiger partial charge on any atom is -0.367 e. The van der Waals surface area contributed by atoms with Gasteiger partial charge in [0.25, 0.3) is 0 Å². The number of urea groups is 1. The SMILES string of the molecule is NC(=O)c1ccc(N2CCN(C(c3ccccc3)c3ccccc3)CC2)c(NC(=O)NCc2ccccc2)c1. The Morgan fingerprint density at radius 2 is 1.31 bits per heavy atom. The predicted molar refractivity (Wildman–Crippen MR) is 156 cm³/mol. The van der Waals surface area contributed by atoms with E-state index in [0.717, 1.165) is 37.4 Å². The van der Waals surface area contributed by atoms with Gasteiger partial charge in [-0.25, -0.2) is 4.79 Å². The normalized spacial score (nSPS) is 13.7.